The van der Waals surface area contributed by atoms with Gasteiger partial charge in [-0.15, -0.1) is 0 Å². The van der Waals surface area contributed by atoms with Crippen LogP contribution < -0.4 is 5.32 Å². The summed E-state index contributed by atoms with van der Waals surface area (Å²) in [6.07, 6.45) is 2.26. The number of halogens is 1. The van der Waals surface area contributed by atoms with Crippen LogP contribution >= 0.6 is 11.6 Å². The second-order valence-corrected chi connectivity index (χ2v) is 7.59. The van der Waals surface area contributed by atoms with E-state index in [1.807, 2.05) is 24.1 Å². The van der Waals surface area contributed by atoms with Gasteiger partial charge in [-0.3, -0.25) is 4.90 Å². The third-order valence-electron chi connectivity index (χ3n) is 2.74. The molecule has 0 unspecified atom stereocenters. The highest BCUT2D eigenvalue weighted by Crippen LogP contribution is 2.18. The first-order chi connectivity index (χ1) is 9.31. The Morgan fingerprint density at radius 2 is 2.10 bits per heavy atom. The molecule has 1 aromatic heterocycles. The van der Waals surface area contributed by atoms with Gasteiger partial charge in [0, 0.05) is 25.9 Å². The van der Waals surface area contributed by atoms with E-state index in [1.54, 1.807) is 0 Å². The van der Waals surface area contributed by atoms with E-state index in [2.05, 4.69) is 17.2 Å². The molecule has 114 valence electrons. The highest BCUT2D eigenvalue weighted by molar-refractivity contribution is 7.90. The van der Waals surface area contributed by atoms with E-state index in [-0.39, 0.29) is 5.75 Å². The molecule has 0 aliphatic heterocycles. The number of anilines is 1. The average Bonchev–Trinajstić information content (AvgIpc) is 2.36. The Labute approximate surface area is 126 Å². The zero-order valence-corrected chi connectivity index (χ0v) is 13.8. The molecule has 0 fully saturated rings. The zero-order valence-electron chi connectivity index (χ0n) is 12.2. The third kappa shape index (κ3) is 6.54. The van der Waals surface area contributed by atoms with Gasteiger partial charge < -0.3 is 5.32 Å². The van der Waals surface area contributed by atoms with Crippen LogP contribution in [0, 0.1) is 0 Å². The monoisotopic (exact) mass is 319 g/mol. The molecule has 0 radical (unpaired) electrons. The Hall–Kier alpha value is -0.850. The molecular weight excluding hydrogens is 298 g/mol. The van der Waals surface area contributed by atoms with Crippen LogP contribution in [0.4, 0.5) is 5.82 Å². The first-order valence-corrected chi connectivity index (χ1v) is 9.01. The first kappa shape index (κ1) is 17.2. The fourth-order valence-electron chi connectivity index (χ4n) is 1.60. The van der Waals surface area contributed by atoms with Crippen LogP contribution in [0.1, 0.15) is 19.0 Å². The molecule has 7 heteroatoms. The van der Waals surface area contributed by atoms with Crippen LogP contribution in [0.5, 0.6) is 0 Å². The minimum Gasteiger partial charge on any atom is -0.370 e. The molecule has 0 aliphatic rings. The lowest BCUT2D eigenvalue weighted by Crippen LogP contribution is -2.25. The van der Waals surface area contributed by atoms with E-state index >= 15 is 0 Å². The molecule has 0 atom stereocenters. The molecule has 1 aromatic rings. The maximum atomic E-state index is 11.1. The SMILES string of the molecule is CCCNc1ccc(Cl)c(CN(C)CCS(C)(=O)=O)n1. The van der Waals surface area contributed by atoms with Crippen molar-refractivity contribution in [3.05, 3.63) is 22.8 Å². The highest BCUT2D eigenvalue weighted by Gasteiger charge is 2.10. The molecule has 20 heavy (non-hydrogen) atoms. The number of nitrogens with zero attached hydrogens (tertiary/aromatic N) is 2. The summed E-state index contributed by atoms with van der Waals surface area (Å²) in [6, 6.07) is 3.66. The fourth-order valence-corrected chi connectivity index (χ4v) is 2.41. The predicted molar refractivity (Wildman–Crippen MR) is 84.1 cm³/mol. The topological polar surface area (TPSA) is 62.3 Å². The summed E-state index contributed by atoms with van der Waals surface area (Å²) in [4.78, 5) is 6.36. The smallest absolute Gasteiger partial charge is 0.148 e. The van der Waals surface area contributed by atoms with Crippen molar-refractivity contribution in [2.45, 2.75) is 19.9 Å². The number of hydrogen-bond donors (Lipinski definition) is 1. The van der Waals surface area contributed by atoms with Crippen molar-refractivity contribution >= 4 is 27.3 Å². The van der Waals surface area contributed by atoms with Gasteiger partial charge in [0.2, 0.25) is 0 Å². The predicted octanol–water partition coefficient (Wildman–Crippen LogP) is 2.03. The van der Waals surface area contributed by atoms with Crippen molar-refractivity contribution < 1.29 is 8.42 Å². The van der Waals surface area contributed by atoms with Crippen molar-refractivity contribution in [3.63, 3.8) is 0 Å². The van der Waals surface area contributed by atoms with Gasteiger partial charge >= 0.3 is 0 Å². The quantitative estimate of drug-likeness (QED) is 0.794. The van der Waals surface area contributed by atoms with Crippen molar-refractivity contribution in [1.82, 2.24) is 9.88 Å². The minimum absolute atomic E-state index is 0.134. The fraction of sp³-hybridized carbons (Fsp3) is 0.615. The standard InChI is InChI=1S/C13H22ClN3O2S/c1-4-7-15-13-6-5-11(14)12(16-13)10-17(2)8-9-20(3,18)19/h5-6H,4,7-10H2,1-3H3,(H,15,16). The van der Waals surface area contributed by atoms with E-state index in [4.69, 9.17) is 11.6 Å². The van der Waals surface area contributed by atoms with E-state index in [1.165, 1.54) is 6.26 Å². The largest absolute Gasteiger partial charge is 0.370 e. The van der Waals surface area contributed by atoms with Gasteiger partial charge in [-0.25, -0.2) is 13.4 Å². The van der Waals surface area contributed by atoms with Crippen LogP contribution in [-0.2, 0) is 16.4 Å². The summed E-state index contributed by atoms with van der Waals surface area (Å²) < 4.78 is 22.3. The molecule has 0 aliphatic carbocycles. The number of aromatic nitrogens is 1. The van der Waals surface area contributed by atoms with Crippen molar-refractivity contribution in [1.29, 1.82) is 0 Å². The number of hydrogen-bond acceptors (Lipinski definition) is 5. The Morgan fingerprint density at radius 3 is 2.70 bits per heavy atom. The Kier molecular flexibility index (Phi) is 6.71. The van der Waals surface area contributed by atoms with Crippen LogP contribution in [0.25, 0.3) is 0 Å². The second kappa shape index (κ2) is 7.81. The lowest BCUT2D eigenvalue weighted by Gasteiger charge is -2.17. The summed E-state index contributed by atoms with van der Waals surface area (Å²) >= 11 is 6.13. The zero-order chi connectivity index (χ0) is 15.2. The molecule has 0 amide bonds. The van der Waals surface area contributed by atoms with Gasteiger partial charge in [-0.05, 0) is 25.6 Å². The van der Waals surface area contributed by atoms with Gasteiger partial charge in [-0.2, -0.15) is 0 Å². The molecule has 1 rings (SSSR count). The minimum atomic E-state index is -2.95. The number of sulfone groups is 1. The Balaban J connectivity index is 2.65. The summed E-state index contributed by atoms with van der Waals surface area (Å²) in [5.41, 5.74) is 0.753. The molecular formula is C13H22ClN3O2S. The Morgan fingerprint density at radius 1 is 1.40 bits per heavy atom. The number of nitrogens with one attached hydrogen (secondary N) is 1. The third-order valence-corrected chi connectivity index (χ3v) is 4.01. The van der Waals surface area contributed by atoms with Crippen LogP contribution in [0.3, 0.4) is 0 Å². The van der Waals surface area contributed by atoms with Crippen LogP contribution in [0.2, 0.25) is 5.02 Å². The highest BCUT2D eigenvalue weighted by atomic mass is 35.5. The van der Waals surface area contributed by atoms with Gasteiger partial charge in [-0.1, -0.05) is 18.5 Å². The summed E-state index contributed by atoms with van der Waals surface area (Å²) in [6.45, 7) is 3.93. The van der Waals surface area contributed by atoms with Gasteiger partial charge in [0.05, 0.1) is 16.5 Å². The van der Waals surface area contributed by atoms with Crippen molar-refractivity contribution in [2.75, 3.05) is 37.5 Å². The number of rotatable bonds is 8. The van der Waals surface area contributed by atoms with E-state index in [0.29, 0.717) is 18.1 Å². The molecule has 1 heterocycles. The van der Waals surface area contributed by atoms with Crippen LogP contribution in [-0.4, -0.2) is 50.4 Å². The van der Waals surface area contributed by atoms with Crippen LogP contribution in [0.15, 0.2) is 12.1 Å². The molecule has 5 nitrogen and oxygen atoms in total. The normalized spacial score (nSPS) is 11.8. The molecule has 0 spiro atoms. The van der Waals surface area contributed by atoms with E-state index < -0.39 is 9.84 Å². The Bertz CT molecular complexity index is 534. The van der Waals surface area contributed by atoms with Crippen molar-refractivity contribution in [2.24, 2.45) is 0 Å². The molecule has 0 saturated carbocycles. The van der Waals surface area contributed by atoms with E-state index in [9.17, 15) is 8.42 Å². The first-order valence-electron chi connectivity index (χ1n) is 6.57. The van der Waals surface area contributed by atoms with Gasteiger partial charge in [0.1, 0.15) is 15.7 Å². The molecule has 0 aromatic carbocycles. The molecule has 1 N–H and O–H groups in total. The lowest BCUT2D eigenvalue weighted by atomic mass is 10.3. The lowest BCUT2D eigenvalue weighted by molar-refractivity contribution is 0.342. The average molecular weight is 320 g/mol. The molecule has 0 bridgehead atoms. The summed E-state index contributed by atoms with van der Waals surface area (Å²) in [5.74, 6) is 0.928. The number of pyridine rings is 1. The van der Waals surface area contributed by atoms with Gasteiger partial charge in [0.25, 0.3) is 0 Å². The second-order valence-electron chi connectivity index (χ2n) is 4.92. The summed E-state index contributed by atoms with van der Waals surface area (Å²) in [5, 5.41) is 3.80. The van der Waals surface area contributed by atoms with Gasteiger partial charge in [0.15, 0.2) is 0 Å². The van der Waals surface area contributed by atoms with Crippen molar-refractivity contribution in [3.8, 4) is 0 Å². The molecule has 0 saturated heterocycles. The summed E-state index contributed by atoms with van der Waals surface area (Å²) in [7, 11) is -1.09. The van der Waals surface area contributed by atoms with E-state index in [0.717, 1.165) is 24.5 Å². The maximum absolute atomic E-state index is 11.1. The maximum Gasteiger partial charge on any atom is 0.148 e.